The van der Waals surface area contributed by atoms with Crippen molar-refractivity contribution in [3.8, 4) is 0 Å². The lowest BCUT2D eigenvalue weighted by atomic mass is 10.2. The van der Waals surface area contributed by atoms with E-state index in [9.17, 15) is 4.79 Å². The molecule has 2 aliphatic rings. The number of ether oxygens (including phenoxy) is 1. The Morgan fingerprint density at radius 3 is 2.35 bits per heavy atom. The Balaban J connectivity index is 1.76. The van der Waals surface area contributed by atoms with Crippen LogP contribution in [0.5, 0.6) is 0 Å². The third kappa shape index (κ3) is 2.17. The van der Waals surface area contributed by atoms with E-state index in [1.807, 2.05) is 4.90 Å². The van der Waals surface area contributed by atoms with Crippen LogP contribution in [0.4, 0.5) is 0 Å². The molecule has 2 unspecified atom stereocenters. The van der Waals surface area contributed by atoms with E-state index >= 15 is 0 Å². The lowest BCUT2D eigenvalue weighted by Crippen LogP contribution is -2.45. The van der Waals surface area contributed by atoms with Crippen LogP contribution in [0.15, 0.2) is 24.3 Å². The van der Waals surface area contributed by atoms with Crippen LogP contribution in [-0.4, -0.2) is 36.1 Å². The number of benzene rings is 1. The highest BCUT2D eigenvalue weighted by Gasteiger charge is 2.35. The standard InChI is InChI=1S/C13H14ClNO2/c14-10-3-1-9(2-4-10)13(16)15-7-11-5-6-12(8-15)17-11/h1-4,11-12H,5-8H2. The smallest absolute Gasteiger partial charge is 0.254 e. The van der Waals surface area contributed by atoms with E-state index in [1.165, 1.54) is 0 Å². The molecule has 0 saturated carbocycles. The quantitative estimate of drug-likeness (QED) is 0.767. The minimum atomic E-state index is 0.0851. The fraction of sp³-hybridized carbons (Fsp3) is 0.462. The molecule has 0 N–H and O–H groups in total. The van der Waals surface area contributed by atoms with Crippen molar-refractivity contribution < 1.29 is 9.53 Å². The summed E-state index contributed by atoms with van der Waals surface area (Å²) in [6.07, 6.45) is 2.64. The van der Waals surface area contributed by atoms with Gasteiger partial charge in [0.2, 0.25) is 0 Å². The van der Waals surface area contributed by atoms with E-state index in [1.54, 1.807) is 24.3 Å². The summed E-state index contributed by atoms with van der Waals surface area (Å²) >= 11 is 5.81. The SMILES string of the molecule is O=C(c1ccc(Cl)cc1)N1CC2CCC(C1)O2. The van der Waals surface area contributed by atoms with E-state index in [0.717, 1.165) is 25.9 Å². The summed E-state index contributed by atoms with van der Waals surface area (Å²) < 4.78 is 5.72. The fourth-order valence-electron chi connectivity index (χ4n) is 2.56. The van der Waals surface area contributed by atoms with E-state index in [2.05, 4.69) is 0 Å². The number of nitrogens with zero attached hydrogens (tertiary/aromatic N) is 1. The number of hydrogen-bond donors (Lipinski definition) is 0. The normalized spacial score (nSPS) is 27.2. The number of halogens is 1. The van der Waals surface area contributed by atoms with Gasteiger partial charge in [0.15, 0.2) is 0 Å². The summed E-state index contributed by atoms with van der Waals surface area (Å²) in [4.78, 5) is 14.2. The molecule has 2 aliphatic heterocycles. The molecule has 2 saturated heterocycles. The highest BCUT2D eigenvalue weighted by Crippen LogP contribution is 2.27. The fourth-order valence-corrected chi connectivity index (χ4v) is 2.68. The van der Waals surface area contributed by atoms with Crippen LogP contribution in [-0.2, 0) is 4.74 Å². The van der Waals surface area contributed by atoms with Crippen molar-refractivity contribution in [3.63, 3.8) is 0 Å². The molecular weight excluding hydrogens is 238 g/mol. The zero-order valence-corrected chi connectivity index (χ0v) is 10.2. The summed E-state index contributed by atoms with van der Waals surface area (Å²) in [6.45, 7) is 1.44. The molecule has 2 atom stereocenters. The monoisotopic (exact) mass is 251 g/mol. The molecule has 0 aliphatic carbocycles. The average molecular weight is 252 g/mol. The van der Waals surface area contributed by atoms with Crippen LogP contribution in [0.25, 0.3) is 0 Å². The van der Waals surface area contributed by atoms with E-state index in [4.69, 9.17) is 16.3 Å². The van der Waals surface area contributed by atoms with Crippen LogP contribution in [0.3, 0.4) is 0 Å². The van der Waals surface area contributed by atoms with Gasteiger partial charge < -0.3 is 9.64 Å². The number of amides is 1. The number of likely N-dealkylation sites (tertiary alicyclic amines) is 1. The predicted octanol–water partition coefficient (Wildman–Crippen LogP) is 2.34. The van der Waals surface area contributed by atoms with Gasteiger partial charge >= 0.3 is 0 Å². The molecule has 2 fully saturated rings. The van der Waals surface area contributed by atoms with Crippen LogP contribution in [0, 0.1) is 0 Å². The number of carbonyl (C=O) groups is 1. The molecule has 0 aromatic heterocycles. The Kier molecular flexibility index (Phi) is 2.81. The Bertz CT molecular complexity index is 420. The highest BCUT2D eigenvalue weighted by molar-refractivity contribution is 6.30. The number of fused-ring (bicyclic) bond motifs is 2. The number of hydrogen-bond acceptors (Lipinski definition) is 2. The largest absolute Gasteiger partial charge is 0.371 e. The van der Waals surface area contributed by atoms with Crippen molar-refractivity contribution in [1.82, 2.24) is 4.90 Å². The summed E-state index contributed by atoms with van der Waals surface area (Å²) in [6, 6.07) is 7.07. The van der Waals surface area contributed by atoms with Crippen molar-refractivity contribution in [2.45, 2.75) is 25.0 Å². The van der Waals surface area contributed by atoms with E-state index in [-0.39, 0.29) is 18.1 Å². The predicted molar refractivity (Wildman–Crippen MR) is 65.3 cm³/mol. The molecule has 2 bridgehead atoms. The maximum absolute atomic E-state index is 12.3. The molecule has 4 heteroatoms. The third-order valence-corrected chi connectivity index (χ3v) is 3.67. The topological polar surface area (TPSA) is 29.5 Å². The molecule has 3 nitrogen and oxygen atoms in total. The Labute approximate surface area is 105 Å². The molecule has 2 heterocycles. The molecule has 17 heavy (non-hydrogen) atoms. The molecule has 0 spiro atoms. The van der Waals surface area contributed by atoms with Crippen LogP contribution in [0.2, 0.25) is 5.02 Å². The zero-order valence-electron chi connectivity index (χ0n) is 9.43. The first-order valence-electron chi connectivity index (χ1n) is 5.92. The molecular formula is C13H14ClNO2. The van der Waals surface area contributed by atoms with Crippen LogP contribution < -0.4 is 0 Å². The van der Waals surface area contributed by atoms with Crippen LogP contribution >= 0.6 is 11.6 Å². The third-order valence-electron chi connectivity index (χ3n) is 3.42. The van der Waals surface area contributed by atoms with E-state index < -0.39 is 0 Å². The van der Waals surface area contributed by atoms with Crippen molar-refractivity contribution in [1.29, 1.82) is 0 Å². The van der Waals surface area contributed by atoms with Crippen LogP contribution in [0.1, 0.15) is 23.2 Å². The second-order valence-corrected chi connectivity index (χ2v) is 5.11. The first-order chi connectivity index (χ1) is 8.22. The summed E-state index contributed by atoms with van der Waals surface area (Å²) in [7, 11) is 0. The number of morpholine rings is 1. The van der Waals surface area contributed by atoms with Crippen molar-refractivity contribution in [3.05, 3.63) is 34.9 Å². The molecule has 0 radical (unpaired) electrons. The van der Waals surface area contributed by atoms with Crippen molar-refractivity contribution in [2.24, 2.45) is 0 Å². The molecule has 3 rings (SSSR count). The van der Waals surface area contributed by atoms with Gasteiger partial charge in [0, 0.05) is 23.7 Å². The number of rotatable bonds is 1. The second-order valence-electron chi connectivity index (χ2n) is 4.67. The van der Waals surface area contributed by atoms with Gasteiger partial charge in [-0.1, -0.05) is 11.6 Å². The lowest BCUT2D eigenvalue weighted by Gasteiger charge is -2.32. The Morgan fingerprint density at radius 2 is 1.76 bits per heavy atom. The van der Waals surface area contributed by atoms with Gasteiger partial charge in [-0.2, -0.15) is 0 Å². The lowest BCUT2D eigenvalue weighted by molar-refractivity contribution is -0.0303. The number of carbonyl (C=O) groups excluding carboxylic acids is 1. The molecule has 1 aromatic rings. The molecule has 90 valence electrons. The van der Waals surface area contributed by atoms with Gasteiger partial charge in [-0.15, -0.1) is 0 Å². The first-order valence-corrected chi connectivity index (χ1v) is 6.30. The Hall–Kier alpha value is -1.06. The minimum absolute atomic E-state index is 0.0851. The van der Waals surface area contributed by atoms with Gasteiger partial charge in [-0.05, 0) is 37.1 Å². The van der Waals surface area contributed by atoms with Gasteiger partial charge in [0.05, 0.1) is 12.2 Å². The van der Waals surface area contributed by atoms with Crippen molar-refractivity contribution in [2.75, 3.05) is 13.1 Å². The van der Waals surface area contributed by atoms with Gasteiger partial charge in [-0.25, -0.2) is 0 Å². The summed E-state index contributed by atoms with van der Waals surface area (Å²) in [5.74, 6) is 0.0851. The second kappa shape index (κ2) is 4.31. The zero-order chi connectivity index (χ0) is 11.8. The molecule has 1 aromatic carbocycles. The first kappa shape index (κ1) is 11.1. The van der Waals surface area contributed by atoms with Gasteiger partial charge in [-0.3, -0.25) is 4.79 Å². The maximum atomic E-state index is 12.3. The van der Waals surface area contributed by atoms with E-state index in [0.29, 0.717) is 10.6 Å². The Morgan fingerprint density at radius 1 is 1.18 bits per heavy atom. The maximum Gasteiger partial charge on any atom is 0.254 e. The minimum Gasteiger partial charge on any atom is -0.371 e. The summed E-state index contributed by atoms with van der Waals surface area (Å²) in [5, 5.41) is 0.656. The van der Waals surface area contributed by atoms with Crippen molar-refractivity contribution >= 4 is 17.5 Å². The highest BCUT2D eigenvalue weighted by atomic mass is 35.5. The molecule has 1 amide bonds. The average Bonchev–Trinajstić information content (AvgIpc) is 2.68. The van der Waals surface area contributed by atoms with Gasteiger partial charge in [0.25, 0.3) is 5.91 Å². The summed E-state index contributed by atoms with van der Waals surface area (Å²) in [5.41, 5.74) is 0.704. The van der Waals surface area contributed by atoms with Gasteiger partial charge in [0.1, 0.15) is 0 Å².